The zero-order valence-corrected chi connectivity index (χ0v) is 12.5. The minimum Gasteiger partial charge on any atom is -0.505 e. The van der Waals surface area contributed by atoms with E-state index in [0.717, 1.165) is 49.7 Å². The predicted octanol–water partition coefficient (Wildman–Crippen LogP) is 3.75. The summed E-state index contributed by atoms with van der Waals surface area (Å²) in [5.41, 5.74) is 2.30. The molecule has 1 aromatic rings. The average Bonchev–Trinajstić information content (AvgIpc) is 2.76. The zero-order valence-electron chi connectivity index (χ0n) is 12.5. The molecule has 1 aromatic carbocycles. The fourth-order valence-electron chi connectivity index (χ4n) is 5.55. The van der Waals surface area contributed by atoms with Gasteiger partial charge in [-0.25, -0.2) is 4.39 Å². The summed E-state index contributed by atoms with van der Waals surface area (Å²) in [5.74, 6) is 0.833. The summed E-state index contributed by atoms with van der Waals surface area (Å²) in [6.07, 6.45) is 5.95. The highest BCUT2D eigenvalue weighted by molar-refractivity contribution is 5.41. The molecule has 0 spiro atoms. The van der Waals surface area contributed by atoms with E-state index < -0.39 is 5.82 Å². The number of hydrogen-bond donors (Lipinski definition) is 2. The van der Waals surface area contributed by atoms with Gasteiger partial charge in [-0.2, -0.15) is 0 Å². The highest BCUT2D eigenvalue weighted by Gasteiger charge is 2.54. The SMILES string of the molecule is C[C@]12CCC3c4cc([18F])c(O)cc4CCC3C1CC[C@@H]2O. The molecule has 0 bridgehead atoms. The summed E-state index contributed by atoms with van der Waals surface area (Å²) in [7, 11) is 0. The van der Waals surface area contributed by atoms with Gasteiger partial charge in [0.15, 0.2) is 11.6 Å². The minimum atomic E-state index is -0.491. The Morgan fingerprint density at radius 3 is 2.81 bits per heavy atom. The van der Waals surface area contributed by atoms with Crippen LogP contribution in [0.3, 0.4) is 0 Å². The van der Waals surface area contributed by atoms with Gasteiger partial charge >= 0.3 is 0 Å². The van der Waals surface area contributed by atoms with Crippen molar-refractivity contribution in [1.82, 2.24) is 0 Å². The molecule has 0 aliphatic heterocycles. The number of aliphatic hydroxyl groups excluding tert-OH is 1. The molecule has 114 valence electrons. The number of aryl methyl sites for hydroxylation is 1. The third-order valence-corrected chi connectivity index (χ3v) is 6.74. The molecule has 3 aliphatic carbocycles. The molecule has 3 aliphatic rings. The molecule has 3 heteroatoms. The minimum absolute atomic E-state index is 0.0636. The van der Waals surface area contributed by atoms with Gasteiger partial charge in [-0.05, 0) is 85.0 Å². The molecule has 2 saturated carbocycles. The summed E-state index contributed by atoms with van der Waals surface area (Å²) in [4.78, 5) is 0. The van der Waals surface area contributed by atoms with Crippen molar-refractivity contribution in [3.8, 4) is 5.75 Å². The molecule has 3 unspecified atom stereocenters. The first-order valence-corrected chi connectivity index (χ1v) is 8.20. The van der Waals surface area contributed by atoms with Gasteiger partial charge < -0.3 is 10.2 Å². The lowest BCUT2D eigenvalue weighted by molar-refractivity contribution is -0.0226. The molecule has 2 fully saturated rings. The number of aromatic hydroxyl groups is 1. The Hall–Kier alpha value is -1.09. The van der Waals surface area contributed by atoms with Crippen molar-refractivity contribution in [2.24, 2.45) is 17.3 Å². The van der Waals surface area contributed by atoms with Crippen LogP contribution in [-0.4, -0.2) is 16.3 Å². The average molecular weight is 289 g/mol. The number of phenolic OH excluding ortho intramolecular Hbond substituents is 1. The Morgan fingerprint density at radius 1 is 1.19 bits per heavy atom. The Bertz CT molecular complexity index is 585. The van der Waals surface area contributed by atoms with Gasteiger partial charge in [0.2, 0.25) is 0 Å². The molecule has 0 saturated heterocycles. The second-order valence-corrected chi connectivity index (χ2v) is 7.56. The van der Waals surface area contributed by atoms with E-state index in [9.17, 15) is 14.6 Å². The van der Waals surface area contributed by atoms with Crippen LogP contribution in [0.5, 0.6) is 5.75 Å². The molecular weight excluding hydrogens is 266 g/mol. The molecule has 0 aromatic heterocycles. The van der Waals surface area contributed by atoms with E-state index in [4.69, 9.17) is 0 Å². The number of benzene rings is 1. The van der Waals surface area contributed by atoms with Crippen molar-refractivity contribution in [2.45, 2.75) is 57.5 Å². The normalized spacial score (nSPS) is 41.3. The summed E-state index contributed by atoms with van der Waals surface area (Å²) in [6.45, 7) is 2.25. The third-order valence-electron chi connectivity index (χ3n) is 6.74. The molecule has 2 N–H and O–H groups in total. The largest absolute Gasteiger partial charge is 0.505 e. The Morgan fingerprint density at radius 2 is 2.00 bits per heavy atom. The molecular formula is C18H23FO2. The number of phenols is 1. The first kappa shape index (κ1) is 13.6. The molecule has 0 amide bonds. The zero-order chi connectivity index (χ0) is 14.8. The van der Waals surface area contributed by atoms with Gasteiger partial charge in [-0.3, -0.25) is 0 Å². The van der Waals surface area contributed by atoms with Crippen LogP contribution in [0.2, 0.25) is 0 Å². The van der Waals surface area contributed by atoms with E-state index in [1.807, 2.05) is 0 Å². The van der Waals surface area contributed by atoms with Crippen molar-refractivity contribution in [2.75, 3.05) is 0 Å². The quantitative estimate of drug-likeness (QED) is 0.763. The van der Waals surface area contributed by atoms with Crippen LogP contribution < -0.4 is 0 Å². The maximum Gasteiger partial charge on any atom is 0.165 e. The number of aliphatic hydroxyl groups is 1. The van der Waals surface area contributed by atoms with E-state index in [1.54, 1.807) is 12.1 Å². The van der Waals surface area contributed by atoms with Gasteiger partial charge in [0.1, 0.15) is 0 Å². The maximum absolute atomic E-state index is 13.8. The molecule has 5 atom stereocenters. The predicted molar refractivity (Wildman–Crippen MR) is 78.7 cm³/mol. The number of halogens is 1. The molecule has 0 radical (unpaired) electrons. The molecule has 21 heavy (non-hydrogen) atoms. The van der Waals surface area contributed by atoms with Crippen LogP contribution in [-0.2, 0) is 6.42 Å². The van der Waals surface area contributed by atoms with Crippen molar-refractivity contribution < 1.29 is 14.6 Å². The lowest BCUT2D eigenvalue weighted by Crippen LogP contribution is -2.43. The van der Waals surface area contributed by atoms with Crippen LogP contribution in [0.1, 0.15) is 56.1 Å². The van der Waals surface area contributed by atoms with E-state index in [0.29, 0.717) is 17.8 Å². The fraction of sp³-hybridized carbons (Fsp3) is 0.667. The van der Waals surface area contributed by atoms with E-state index >= 15 is 0 Å². The van der Waals surface area contributed by atoms with Crippen LogP contribution in [0.15, 0.2) is 12.1 Å². The van der Waals surface area contributed by atoms with Crippen molar-refractivity contribution in [3.63, 3.8) is 0 Å². The molecule has 4 rings (SSSR count). The lowest BCUT2D eigenvalue weighted by Gasteiger charge is -2.50. The van der Waals surface area contributed by atoms with Crippen molar-refractivity contribution in [1.29, 1.82) is 0 Å². The van der Waals surface area contributed by atoms with Crippen molar-refractivity contribution in [3.05, 3.63) is 29.1 Å². The fourth-order valence-corrected chi connectivity index (χ4v) is 5.55. The smallest absolute Gasteiger partial charge is 0.165 e. The standard InChI is InChI=1S/C18H23FO2/c1-18-7-6-11-12(14(18)4-5-17(18)21)3-2-10-8-16(20)15(19)9-13(10)11/h8-9,11-12,14,17,20-21H,2-7H2,1H3/t11?,12?,14?,17-,18-/m0/s1/i19-1. The Balaban J connectivity index is 1.73. The van der Waals surface area contributed by atoms with Gasteiger partial charge in [0.25, 0.3) is 0 Å². The van der Waals surface area contributed by atoms with E-state index in [-0.39, 0.29) is 17.3 Å². The maximum atomic E-state index is 13.8. The number of fused-ring (bicyclic) bond motifs is 5. The number of hydrogen-bond acceptors (Lipinski definition) is 2. The summed E-state index contributed by atoms with van der Waals surface area (Å²) >= 11 is 0. The monoisotopic (exact) mass is 289 g/mol. The van der Waals surface area contributed by atoms with E-state index in [2.05, 4.69) is 6.92 Å². The topological polar surface area (TPSA) is 40.5 Å². The molecule has 0 heterocycles. The summed E-state index contributed by atoms with van der Waals surface area (Å²) in [6, 6.07) is 3.19. The second kappa shape index (κ2) is 4.45. The second-order valence-electron chi connectivity index (χ2n) is 7.56. The highest BCUT2D eigenvalue weighted by Crippen LogP contribution is 2.60. The Kier molecular flexibility index (Phi) is 2.88. The third kappa shape index (κ3) is 1.79. The van der Waals surface area contributed by atoms with Crippen LogP contribution in [0.25, 0.3) is 0 Å². The first-order valence-electron chi connectivity index (χ1n) is 8.20. The number of rotatable bonds is 0. The highest BCUT2D eigenvalue weighted by atomic mass is 18.2. The Labute approximate surface area is 125 Å². The first-order chi connectivity index (χ1) is 10.0. The van der Waals surface area contributed by atoms with Crippen LogP contribution in [0, 0.1) is 23.1 Å². The lowest BCUT2D eigenvalue weighted by atomic mass is 9.55. The summed E-state index contributed by atoms with van der Waals surface area (Å²) < 4.78 is 13.8. The van der Waals surface area contributed by atoms with Crippen LogP contribution in [0.4, 0.5) is 4.39 Å². The van der Waals surface area contributed by atoms with Crippen LogP contribution >= 0.6 is 0 Å². The van der Waals surface area contributed by atoms with Crippen molar-refractivity contribution >= 4 is 0 Å². The van der Waals surface area contributed by atoms with Gasteiger partial charge in [-0.1, -0.05) is 6.92 Å². The van der Waals surface area contributed by atoms with Gasteiger partial charge in [-0.15, -0.1) is 0 Å². The molecule has 2 nitrogen and oxygen atoms in total. The van der Waals surface area contributed by atoms with E-state index in [1.165, 1.54) is 0 Å². The summed E-state index contributed by atoms with van der Waals surface area (Å²) in [5, 5.41) is 19.9. The van der Waals surface area contributed by atoms with Gasteiger partial charge in [0, 0.05) is 0 Å². The van der Waals surface area contributed by atoms with Gasteiger partial charge in [0.05, 0.1) is 6.10 Å².